The van der Waals surface area contributed by atoms with Crippen molar-refractivity contribution in [3.05, 3.63) is 109 Å². The number of aromatic nitrogens is 8. The standard InChI is InChI=1S/2C32H42FN6O6PS/c2*1-19(29(41)42-17-31(3,4)5)37-46(47,45-23-15-11-13-21-12-9-10-14-22(21)23)43-16-24-26(40)32(6,33)30(44-24)39-18-34-25-27(38(7)8)35-20(2)36-28(25)39/h2*9-15,18-19,24,26,30,40H,16-17H2,1-8H3,(H,37,47)/t19-,24+,26+,30+,32+,46-;19-,24-,26-,30-,32-,46+/m01/s1. The van der Waals surface area contributed by atoms with Crippen LogP contribution in [0.25, 0.3) is 43.9 Å². The Morgan fingerprint density at radius 3 is 1.32 bits per heavy atom. The average Bonchev–Trinajstić information content (AvgIpc) is 1.60. The molecule has 2 saturated heterocycles. The Morgan fingerprint density at radius 2 is 0.968 bits per heavy atom. The number of nitrogens with one attached hydrogen (secondary N) is 2. The molecule has 2 fully saturated rings. The van der Waals surface area contributed by atoms with Crippen molar-refractivity contribution in [2.45, 2.75) is 143 Å². The predicted molar refractivity (Wildman–Crippen MR) is 363 cm³/mol. The van der Waals surface area contributed by atoms with Gasteiger partial charge in [0.15, 0.2) is 57.8 Å². The zero-order chi connectivity index (χ0) is 68.6. The highest BCUT2D eigenvalue weighted by Crippen LogP contribution is 2.52. The van der Waals surface area contributed by atoms with E-state index in [0.29, 0.717) is 57.1 Å². The number of halogens is 2. The number of anilines is 2. The Balaban J connectivity index is 0.000000221. The van der Waals surface area contributed by atoms with Crippen molar-refractivity contribution in [3.63, 3.8) is 0 Å². The lowest BCUT2D eigenvalue weighted by molar-refractivity contribution is -0.148. The quantitative estimate of drug-likeness (QED) is 0.0363. The highest BCUT2D eigenvalue weighted by molar-refractivity contribution is 8.09. The minimum atomic E-state index is -3.56. The van der Waals surface area contributed by atoms with Gasteiger partial charge in [-0.05, 0) is 98.9 Å². The Morgan fingerprint density at radius 1 is 0.617 bits per heavy atom. The molecular weight excluding hydrogens is 1290 g/mol. The van der Waals surface area contributed by atoms with Gasteiger partial charge in [-0.25, -0.2) is 48.9 Å². The Hall–Kier alpha value is -6.52. The van der Waals surface area contributed by atoms with Crippen LogP contribution in [-0.4, -0.2) is 164 Å². The number of benzene rings is 4. The molecule has 8 aromatic rings. The summed E-state index contributed by atoms with van der Waals surface area (Å²) in [5, 5.41) is 31.8. The molecule has 10 rings (SSSR count). The first kappa shape index (κ1) is 71.8. The second kappa shape index (κ2) is 28.3. The molecule has 0 aliphatic carbocycles. The molecule has 508 valence electrons. The normalized spacial score (nSPS) is 23.5. The van der Waals surface area contributed by atoms with Crippen molar-refractivity contribution in [1.82, 2.24) is 49.2 Å². The molecule has 4 aromatic heterocycles. The summed E-state index contributed by atoms with van der Waals surface area (Å²) in [5.74, 6) is 1.88. The SMILES string of the molecule is Cc1nc(N(C)C)c2ncn([C@@H]3O[C@H](CO[P@@](=S)(N[C@@H](C)C(=O)OCC(C)(C)C)Oc4cccc5ccccc45)[C@@H](O)[C@@]3(C)F)c2n1.Cc1nc(N(C)C)c2ncn([C@@H]3O[C@H](CO[P@@](=S)(N[C@H](C)C(=O)OCC(C)(C)C)Oc4cccc5ccccc45)[C@@H](O)[C@@]3(C)F)c2n1. The average molecular weight is 1380 g/mol. The number of alkyl halides is 2. The summed E-state index contributed by atoms with van der Waals surface area (Å²) in [4.78, 5) is 56.2. The maximum absolute atomic E-state index is 16.4. The Kier molecular flexibility index (Phi) is 21.6. The third-order valence-electron chi connectivity index (χ3n) is 15.3. The monoisotopic (exact) mass is 1380 g/mol. The van der Waals surface area contributed by atoms with Crippen LogP contribution in [0.4, 0.5) is 20.4 Å². The van der Waals surface area contributed by atoms with Crippen LogP contribution in [0.5, 0.6) is 11.5 Å². The van der Waals surface area contributed by atoms with Gasteiger partial charge in [-0.3, -0.25) is 18.7 Å². The van der Waals surface area contributed by atoms with Crippen LogP contribution < -0.4 is 29.0 Å². The molecule has 0 amide bonds. The molecule has 2 aliphatic heterocycles. The summed E-state index contributed by atoms with van der Waals surface area (Å²) in [7, 11) is 7.30. The lowest BCUT2D eigenvalue weighted by Gasteiger charge is -2.29. The zero-order valence-electron chi connectivity index (χ0n) is 55.6. The van der Waals surface area contributed by atoms with Crippen LogP contribution in [0.1, 0.15) is 93.3 Å². The first-order chi connectivity index (χ1) is 44.0. The molecule has 0 radical (unpaired) electrons. The fraction of sp³-hybridized carbons (Fsp3) is 0.500. The first-order valence-corrected chi connectivity index (χ1v) is 35.8. The van der Waals surface area contributed by atoms with Gasteiger partial charge in [-0.2, -0.15) is 0 Å². The number of esters is 2. The molecule has 4 N–H and O–H groups in total. The summed E-state index contributed by atoms with van der Waals surface area (Å²) < 4.78 is 83.9. The van der Waals surface area contributed by atoms with Gasteiger partial charge in [0.1, 0.15) is 59.6 Å². The van der Waals surface area contributed by atoms with E-state index in [1.807, 2.05) is 143 Å². The third-order valence-corrected chi connectivity index (χ3v) is 20.2. The number of imidazole rings is 2. The van der Waals surface area contributed by atoms with E-state index in [2.05, 4.69) is 40.1 Å². The number of hydrogen-bond acceptors (Lipinski definition) is 22. The molecule has 94 heavy (non-hydrogen) atoms. The van der Waals surface area contributed by atoms with Gasteiger partial charge in [0.25, 0.3) is 0 Å². The molecule has 24 nitrogen and oxygen atoms in total. The van der Waals surface area contributed by atoms with E-state index in [1.165, 1.54) is 35.6 Å². The second-order valence-electron chi connectivity index (χ2n) is 26.6. The number of carbonyl (C=O) groups excluding carboxylic acids is 2. The number of fused-ring (bicyclic) bond motifs is 4. The number of rotatable bonds is 22. The third kappa shape index (κ3) is 16.3. The van der Waals surface area contributed by atoms with E-state index < -0.39 is 85.5 Å². The van der Waals surface area contributed by atoms with E-state index in [1.54, 1.807) is 49.6 Å². The number of nitrogens with zero attached hydrogens (tertiary/aromatic N) is 10. The minimum Gasteiger partial charge on any atom is -0.464 e. The van der Waals surface area contributed by atoms with Crippen LogP contribution in [0.3, 0.4) is 0 Å². The van der Waals surface area contributed by atoms with Crippen LogP contribution in [0, 0.1) is 24.7 Å². The fourth-order valence-electron chi connectivity index (χ4n) is 10.4. The van der Waals surface area contributed by atoms with E-state index in [-0.39, 0.29) is 37.3 Å². The molecule has 30 heteroatoms. The van der Waals surface area contributed by atoms with E-state index in [4.69, 9.17) is 60.7 Å². The van der Waals surface area contributed by atoms with Crippen molar-refractivity contribution >= 4 is 104 Å². The lowest BCUT2D eigenvalue weighted by atomic mass is 9.98. The molecular formula is C64H84F2N12O12P2S2. The fourth-order valence-corrected chi connectivity index (χ4v) is 15.3. The topological polar surface area (TPSA) is 266 Å². The Bertz CT molecular complexity index is 3880. The summed E-state index contributed by atoms with van der Waals surface area (Å²) in [5.41, 5.74) is -3.37. The van der Waals surface area contributed by atoms with Crippen LogP contribution in [0.2, 0.25) is 0 Å². The summed E-state index contributed by atoms with van der Waals surface area (Å²) >= 11 is 11.9. The molecule has 2 aliphatic rings. The van der Waals surface area contributed by atoms with Crippen molar-refractivity contribution in [2.24, 2.45) is 10.8 Å². The van der Waals surface area contributed by atoms with Gasteiger partial charge in [-0.1, -0.05) is 114 Å². The maximum Gasteiger partial charge on any atom is 0.323 e. The smallest absolute Gasteiger partial charge is 0.323 e. The van der Waals surface area contributed by atoms with Gasteiger partial charge < -0.3 is 57.1 Å². The molecule has 4 aromatic carbocycles. The molecule has 12 atom stereocenters. The summed E-state index contributed by atoms with van der Waals surface area (Å²) in [6, 6.07) is 24.4. The highest BCUT2D eigenvalue weighted by Gasteiger charge is 2.57. The van der Waals surface area contributed by atoms with Crippen LogP contribution >= 0.6 is 13.3 Å². The number of aliphatic hydroxyl groups excluding tert-OH is 2. The van der Waals surface area contributed by atoms with Gasteiger partial charge in [0.05, 0.1) is 39.1 Å². The minimum absolute atomic E-state index is 0.202. The molecule has 6 heterocycles. The number of ether oxygens (including phenoxy) is 4. The summed E-state index contributed by atoms with van der Waals surface area (Å²) in [6.07, 6.45) is -5.30. The summed E-state index contributed by atoms with van der Waals surface area (Å²) in [6.45, 7) is 13.5. The van der Waals surface area contributed by atoms with Gasteiger partial charge in [-0.15, -0.1) is 0 Å². The first-order valence-electron chi connectivity index (χ1n) is 30.5. The number of aliphatic hydroxyl groups is 2. The predicted octanol–water partition coefficient (Wildman–Crippen LogP) is 10.5. The van der Waals surface area contributed by atoms with Crippen LogP contribution in [-0.2, 0) is 61.2 Å². The number of hydrogen-bond donors (Lipinski definition) is 4. The van der Waals surface area contributed by atoms with E-state index >= 15 is 8.78 Å². The lowest BCUT2D eigenvalue weighted by Crippen LogP contribution is -2.41. The molecule has 0 saturated carbocycles. The van der Waals surface area contributed by atoms with E-state index in [0.717, 1.165) is 21.5 Å². The number of aryl methyl sites for hydroxylation is 2. The zero-order valence-corrected chi connectivity index (χ0v) is 59.0. The van der Waals surface area contributed by atoms with Gasteiger partial charge in [0.2, 0.25) is 0 Å². The molecule has 0 spiro atoms. The maximum atomic E-state index is 16.4. The van der Waals surface area contributed by atoms with Crippen molar-refractivity contribution in [1.29, 1.82) is 0 Å². The van der Waals surface area contributed by atoms with E-state index in [9.17, 15) is 19.8 Å². The Labute approximate surface area is 555 Å². The van der Waals surface area contributed by atoms with Crippen molar-refractivity contribution in [2.75, 3.05) is 64.4 Å². The molecule has 0 unspecified atom stereocenters. The number of carbonyl (C=O) groups is 2. The largest absolute Gasteiger partial charge is 0.464 e. The van der Waals surface area contributed by atoms with Gasteiger partial charge in [0, 0.05) is 39.0 Å². The van der Waals surface area contributed by atoms with Crippen molar-refractivity contribution < 1.29 is 65.6 Å². The van der Waals surface area contributed by atoms with Crippen molar-refractivity contribution in [3.8, 4) is 11.5 Å². The highest BCUT2D eigenvalue weighted by atomic mass is 32.5. The second-order valence-corrected chi connectivity index (χ2v) is 32.9. The van der Waals surface area contributed by atoms with Crippen LogP contribution in [0.15, 0.2) is 97.6 Å². The van der Waals surface area contributed by atoms with Gasteiger partial charge >= 0.3 is 25.2 Å². The molecule has 0 bridgehead atoms.